The highest BCUT2D eigenvalue weighted by Gasteiger charge is 2.14. The van der Waals surface area contributed by atoms with Gasteiger partial charge in [0.15, 0.2) is 17.4 Å². The molecule has 0 spiro atoms. The maximum absolute atomic E-state index is 13.9. The fraction of sp³-hybridized carbons (Fsp3) is 0.625. The highest BCUT2D eigenvalue weighted by molar-refractivity contribution is 5.31. The van der Waals surface area contributed by atoms with Gasteiger partial charge in [-0.3, -0.25) is 0 Å². The summed E-state index contributed by atoms with van der Waals surface area (Å²) in [5, 5.41) is 3.12. The second-order valence-corrected chi connectivity index (χ2v) is 5.27. The minimum Gasteiger partial charge on any atom is -0.487 e. The molecular weight excluding hydrogens is 260 g/mol. The zero-order valence-electron chi connectivity index (χ0n) is 12.6. The molecule has 0 aliphatic heterocycles. The van der Waals surface area contributed by atoms with Gasteiger partial charge in [0.05, 0.1) is 6.61 Å². The maximum Gasteiger partial charge on any atom is 0.190 e. The molecule has 4 heteroatoms. The van der Waals surface area contributed by atoms with Crippen LogP contribution in [0.1, 0.15) is 45.6 Å². The van der Waals surface area contributed by atoms with Crippen LogP contribution in [0.4, 0.5) is 8.78 Å². The van der Waals surface area contributed by atoms with Crippen molar-refractivity contribution < 1.29 is 13.5 Å². The number of halogens is 2. The average Bonchev–Trinajstić information content (AvgIpc) is 2.38. The van der Waals surface area contributed by atoms with Crippen LogP contribution in [0.15, 0.2) is 12.1 Å². The predicted molar refractivity (Wildman–Crippen MR) is 77.9 cm³/mol. The van der Waals surface area contributed by atoms with Gasteiger partial charge in [-0.2, -0.15) is 0 Å². The van der Waals surface area contributed by atoms with Gasteiger partial charge >= 0.3 is 0 Å². The van der Waals surface area contributed by atoms with Crippen LogP contribution in [0, 0.1) is 17.6 Å². The lowest BCUT2D eigenvalue weighted by atomic mass is 10.1. The minimum atomic E-state index is -0.623. The first-order valence-corrected chi connectivity index (χ1v) is 7.39. The third kappa shape index (κ3) is 5.45. The van der Waals surface area contributed by atoms with Gasteiger partial charge in [-0.15, -0.1) is 0 Å². The zero-order valence-corrected chi connectivity index (χ0v) is 12.6. The summed E-state index contributed by atoms with van der Waals surface area (Å²) in [6.45, 7) is 7.78. The van der Waals surface area contributed by atoms with Gasteiger partial charge in [-0.25, -0.2) is 8.78 Å². The Morgan fingerprint density at radius 1 is 1.15 bits per heavy atom. The second kappa shape index (κ2) is 8.90. The van der Waals surface area contributed by atoms with Crippen LogP contribution in [-0.4, -0.2) is 13.2 Å². The number of hydrogen-bond acceptors (Lipinski definition) is 2. The molecule has 0 bridgehead atoms. The Hall–Kier alpha value is -1.16. The average molecular weight is 285 g/mol. The molecular formula is C16H25F2NO. The first-order valence-electron chi connectivity index (χ1n) is 7.39. The smallest absolute Gasteiger partial charge is 0.190 e. The molecule has 0 saturated carbocycles. The molecule has 0 aliphatic rings. The molecule has 1 aromatic rings. The lowest BCUT2D eigenvalue weighted by molar-refractivity contribution is 0.231. The molecule has 0 aliphatic carbocycles. The highest BCUT2D eigenvalue weighted by atomic mass is 19.1. The largest absolute Gasteiger partial charge is 0.487 e. The van der Waals surface area contributed by atoms with Gasteiger partial charge in [-0.05, 0) is 43.0 Å². The maximum atomic E-state index is 13.9. The number of ether oxygens (including phenoxy) is 1. The summed E-state index contributed by atoms with van der Waals surface area (Å²) in [5.41, 5.74) is 0.599. The van der Waals surface area contributed by atoms with Gasteiger partial charge in [0.1, 0.15) is 0 Å². The van der Waals surface area contributed by atoms with E-state index in [-0.39, 0.29) is 5.75 Å². The van der Waals surface area contributed by atoms with Crippen LogP contribution in [0.5, 0.6) is 5.75 Å². The van der Waals surface area contributed by atoms with E-state index in [1.807, 2.05) is 13.8 Å². The summed E-state index contributed by atoms with van der Waals surface area (Å²) in [5.74, 6) is -1.21. The molecule has 114 valence electrons. The molecule has 0 radical (unpaired) electrons. The molecule has 0 saturated heterocycles. The van der Waals surface area contributed by atoms with Gasteiger partial charge < -0.3 is 10.1 Å². The molecule has 1 aromatic carbocycles. The van der Waals surface area contributed by atoms with E-state index in [0.29, 0.717) is 24.6 Å². The Balaban J connectivity index is 2.64. The van der Waals surface area contributed by atoms with Gasteiger partial charge in [0, 0.05) is 6.54 Å². The lowest BCUT2D eigenvalue weighted by Crippen LogP contribution is -2.15. The predicted octanol–water partition coefficient (Wildman–Crippen LogP) is 4.28. The van der Waals surface area contributed by atoms with Crippen LogP contribution in [0.3, 0.4) is 0 Å². The van der Waals surface area contributed by atoms with Crippen molar-refractivity contribution in [1.29, 1.82) is 0 Å². The first-order chi connectivity index (χ1) is 9.58. The molecule has 0 heterocycles. The summed E-state index contributed by atoms with van der Waals surface area (Å²) in [6.07, 6.45) is 3.02. The monoisotopic (exact) mass is 285 g/mol. The highest BCUT2D eigenvalue weighted by Crippen LogP contribution is 2.24. The summed E-state index contributed by atoms with van der Waals surface area (Å²) < 4.78 is 33.0. The van der Waals surface area contributed by atoms with Crippen LogP contribution in [0.2, 0.25) is 0 Å². The first kappa shape index (κ1) is 16.9. The van der Waals surface area contributed by atoms with E-state index in [9.17, 15) is 8.78 Å². The third-order valence-corrected chi connectivity index (χ3v) is 3.11. The normalized spacial score (nSPS) is 12.4. The van der Waals surface area contributed by atoms with Gasteiger partial charge in [0.25, 0.3) is 0 Å². The topological polar surface area (TPSA) is 21.3 Å². The Morgan fingerprint density at radius 3 is 2.35 bits per heavy atom. The van der Waals surface area contributed by atoms with E-state index >= 15 is 0 Å². The fourth-order valence-electron chi connectivity index (χ4n) is 2.06. The van der Waals surface area contributed by atoms with Crippen LogP contribution >= 0.6 is 0 Å². The Kier molecular flexibility index (Phi) is 7.52. The van der Waals surface area contributed by atoms with Crippen molar-refractivity contribution in [3.05, 3.63) is 29.3 Å². The van der Waals surface area contributed by atoms with E-state index < -0.39 is 11.6 Å². The number of nitrogens with one attached hydrogen (secondary N) is 1. The quantitative estimate of drug-likeness (QED) is 0.684. The van der Waals surface area contributed by atoms with Gasteiger partial charge in [-0.1, -0.05) is 27.2 Å². The molecule has 1 N–H and O–H groups in total. The van der Waals surface area contributed by atoms with Crippen molar-refractivity contribution in [3.63, 3.8) is 0 Å². The summed E-state index contributed by atoms with van der Waals surface area (Å²) >= 11 is 0. The molecule has 2 nitrogen and oxygen atoms in total. The fourth-order valence-corrected chi connectivity index (χ4v) is 2.06. The third-order valence-electron chi connectivity index (χ3n) is 3.11. The van der Waals surface area contributed by atoms with Crippen molar-refractivity contribution in [1.82, 2.24) is 5.32 Å². The van der Waals surface area contributed by atoms with Crippen molar-refractivity contribution in [3.8, 4) is 5.75 Å². The van der Waals surface area contributed by atoms with E-state index in [1.165, 1.54) is 12.1 Å². The summed E-state index contributed by atoms with van der Waals surface area (Å²) in [6, 6.07) is 2.68. The van der Waals surface area contributed by atoms with Crippen molar-refractivity contribution in [2.24, 2.45) is 5.92 Å². The SMILES string of the molecule is CCCNCc1cc(F)c(OCC(C)CCC)c(F)c1. The molecule has 1 unspecified atom stereocenters. The van der Waals surface area contributed by atoms with Gasteiger partial charge in [0.2, 0.25) is 0 Å². The zero-order chi connectivity index (χ0) is 15.0. The Labute approximate surface area is 120 Å². The Morgan fingerprint density at radius 2 is 1.80 bits per heavy atom. The lowest BCUT2D eigenvalue weighted by Gasteiger charge is -2.14. The molecule has 0 amide bonds. The Bertz CT molecular complexity index is 386. The van der Waals surface area contributed by atoms with E-state index in [1.54, 1.807) is 0 Å². The molecule has 1 atom stereocenters. The van der Waals surface area contributed by atoms with Crippen molar-refractivity contribution in [2.75, 3.05) is 13.2 Å². The molecule has 0 aromatic heterocycles. The summed E-state index contributed by atoms with van der Waals surface area (Å²) in [4.78, 5) is 0. The summed E-state index contributed by atoms with van der Waals surface area (Å²) in [7, 11) is 0. The molecule has 0 fully saturated rings. The number of rotatable bonds is 9. The standard InChI is InChI=1S/C16H25F2NO/c1-4-6-12(3)11-20-16-14(17)8-13(9-15(16)18)10-19-7-5-2/h8-9,12,19H,4-7,10-11H2,1-3H3. The van der Waals surface area contributed by atoms with Crippen LogP contribution < -0.4 is 10.1 Å². The van der Waals surface area contributed by atoms with Crippen molar-refractivity contribution in [2.45, 2.75) is 46.6 Å². The molecule has 1 rings (SSSR count). The molecule has 20 heavy (non-hydrogen) atoms. The van der Waals surface area contributed by atoms with Crippen LogP contribution in [0.25, 0.3) is 0 Å². The minimum absolute atomic E-state index is 0.257. The number of hydrogen-bond donors (Lipinski definition) is 1. The van der Waals surface area contributed by atoms with Crippen molar-refractivity contribution >= 4 is 0 Å². The van der Waals surface area contributed by atoms with E-state index in [0.717, 1.165) is 25.8 Å². The van der Waals surface area contributed by atoms with E-state index in [4.69, 9.17) is 4.74 Å². The number of benzene rings is 1. The van der Waals surface area contributed by atoms with E-state index in [2.05, 4.69) is 12.2 Å². The van der Waals surface area contributed by atoms with Crippen LogP contribution in [-0.2, 0) is 6.54 Å². The second-order valence-electron chi connectivity index (χ2n) is 5.27.